The van der Waals surface area contributed by atoms with Crippen molar-refractivity contribution in [2.24, 2.45) is 5.92 Å². The third-order valence-corrected chi connectivity index (χ3v) is 3.43. The minimum atomic E-state index is -0.232. The van der Waals surface area contributed by atoms with Gasteiger partial charge < -0.3 is 15.7 Å². The number of hydrogen-bond donors (Lipinski definition) is 3. The van der Waals surface area contributed by atoms with E-state index in [9.17, 15) is 9.90 Å². The van der Waals surface area contributed by atoms with E-state index < -0.39 is 0 Å². The molecule has 1 heterocycles. The maximum atomic E-state index is 11.7. The maximum absolute atomic E-state index is 11.7. The molecule has 1 fully saturated rings. The van der Waals surface area contributed by atoms with Crippen LogP contribution in [0.5, 0.6) is 0 Å². The SMILES string of the molecule is CNC(=O)c1cccnc1NCC1CCCC1O. The number of carbonyl (C=O) groups excluding carboxylic acids is 1. The van der Waals surface area contributed by atoms with Crippen LogP contribution in [0.15, 0.2) is 18.3 Å². The minimum absolute atomic E-state index is 0.155. The van der Waals surface area contributed by atoms with Gasteiger partial charge in [0.15, 0.2) is 0 Å². The largest absolute Gasteiger partial charge is 0.393 e. The highest BCUT2D eigenvalue weighted by molar-refractivity contribution is 5.98. The number of aliphatic hydroxyl groups is 1. The van der Waals surface area contributed by atoms with Crippen LogP contribution in [0.2, 0.25) is 0 Å². The topological polar surface area (TPSA) is 74.2 Å². The van der Waals surface area contributed by atoms with Crippen LogP contribution in [-0.4, -0.2) is 35.7 Å². The average Bonchev–Trinajstić information content (AvgIpc) is 2.81. The Morgan fingerprint density at radius 3 is 3.06 bits per heavy atom. The Morgan fingerprint density at radius 1 is 1.56 bits per heavy atom. The first-order valence-corrected chi connectivity index (χ1v) is 6.31. The highest BCUT2D eigenvalue weighted by Crippen LogP contribution is 2.25. The first kappa shape index (κ1) is 12.8. The third-order valence-electron chi connectivity index (χ3n) is 3.43. The molecule has 1 saturated carbocycles. The van der Waals surface area contributed by atoms with Crippen molar-refractivity contribution in [3.8, 4) is 0 Å². The molecule has 1 aliphatic rings. The number of nitrogens with one attached hydrogen (secondary N) is 2. The van der Waals surface area contributed by atoms with Gasteiger partial charge in [0.05, 0.1) is 11.7 Å². The van der Waals surface area contributed by atoms with Crippen molar-refractivity contribution in [3.05, 3.63) is 23.9 Å². The molecule has 5 heteroatoms. The number of pyridine rings is 1. The van der Waals surface area contributed by atoms with Crippen LogP contribution in [0.4, 0.5) is 5.82 Å². The molecular weight excluding hydrogens is 230 g/mol. The van der Waals surface area contributed by atoms with E-state index in [4.69, 9.17) is 0 Å². The third kappa shape index (κ3) is 2.79. The van der Waals surface area contributed by atoms with Crippen molar-refractivity contribution >= 4 is 11.7 Å². The summed E-state index contributed by atoms with van der Waals surface area (Å²) >= 11 is 0. The average molecular weight is 249 g/mol. The van der Waals surface area contributed by atoms with Crippen molar-refractivity contribution in [1.82, 2.24) is 10.3 Å². The zero-order valence-electron chi connectivity index (χ0n) is 10.5. The highest BCUT2D eigenvalue weighted by atomic mass is 16.3. The molecule has 2 atom stereocenters. The number of carbonyl (C=O) groups is 1. The van der Waals surface area contributed by atoms with Crippen LogP contribution in [0, 0.1) is 5.92 Å². The van der Waals surface area contributed by atoms with Gasteiger partial charge in [0.25, 0.3) is 5.91 Å². The summed E-state index contributed by atoms with van der Waals surface area (Å²) in [6.45, 7) is 0.655. The van der Waals surface area contributed by atoms with Crippen LogP contribution in [0.3, 0.4) is 0 Å². The van der Waals surface area contributed by atoms with Gasteiger partial charge in [-0.15, -0.1) is 0 Å². The maximum Gasteiger partial charge on any atom is 0.254 e. The predicted octanol–water partition coefficient (Wildman–Crippen LogP) is 1.01. The van der Waals surface area contributed by atoms with Crippen molar-refractivity contribution in [2.45, 2.75) is 25.4 Å². The van der Waals surface area contributed by atoms with Crippen LogP contribution in [0.1, 0.15) is 29.6 Å². The molecular formula is C13H19N3O2. The molecule has 98 valence electrons. The van der Waals surface area contributed by atoms with Gasteiger partial charge in [0.2, 0.25) is 0 Å². The first-order chi connectivity index (χ1) is 8.72. The summed E-state index contributed by atoms with van der Waals surface area (Å²) in [4.78, 5) is 15.8. The summed E-state index contributed by atoms with van der Waals surface area (Å²) in [5, 5.41) is 15.5. The molecule has 0 radical (unpaired) electrons. The van der Waals surface area contributed by atoms with E-state index in [2.05, 4.69) is 15.6 Å². The van der Waals surface area contributed by atoms with Gasteiger partial charge in [0, 0.05) is 25.7 Å². The fourth-order valence-electron chi connectivity index (χ4n) is 2.35. The molecule has 5 nitrogen and oxygen atoms in total. The van der Waals surface area contributed by atoms with Crippen LogP contribution < -0.4 is 10.6 Å². The fourth-order valence-corrected chi connectivity index (χ4v) is 2.35. The number of rotatable bonds is 4. The van der Waals surface area contributed by atoms with E-state index in [-0.39, 0.29) is 17.9 Å². The van der Waals surface area contributed by atoms with E-state index >= 15 is 0 Å². The summed E-state index contributed by atoms with van der Waals surface area (Å²) < 4.78 is 0. The van der Waals surface area contributed by atoms with E-state index in [0.29, 0.717) is 17.9 Å². The molecule has 0 aromatic carbocycles. The number of aromatic nitrogens is 1. The summed E-state index contributed by atoms with van der Waals surface area (Å²) in [5.74, 6) is 0.679. The van der Waals surface area contributed by atoms with Crippen LogP contribution in [0.25, 0.3) is 0 Å². The molecule has 0 saturated heterocycles. The van der Waals surface area contributed by atoms with Gasteiger partial charge in [-0.1, -0.05) is 6.42 Å². The zero-order chi connectivity index (χ0) is 13.0. The van der Waals surface area contributed by atoms with Crippen LogP contribution >= 0.6 is 0 Å². The Morgan fingerprint density at radius 2 is 2.39 bits per heavy atom. The van der Waals surface area contributed by atoms with E-state index in [1.807, 2.05) is 0 Å². The van der Waals surface area contributed by atoms with Gasteiger partial charge in [-0.25, -0.2) is 4.98 Å². The van der Waals surface area contributed by atoms with Crippen LogP contribution in [-0.2, 0) is 0 Å². The van der Waals surface area contributed by atoms with Crippen molar-refractivity contribution in [1.29, 1.82) is 0 Å². The number of aliphatic hydroxyl groups excluding tert-OH is 1. The molecule has 1 aromatic heterocycles. The molecule has 3 N–H and O–H groups in total. The van der Waals surface area contributed by atoms with Crippen molar-refractivity contribution in [3.63, 3.8) is 0 Å². The number of anilines is 1. The molecule has 0 aliphatic heterocycles. The molecule has 2 rings (SSSR count). The second-order valence-electron chi connectivity index (χ2n) is 4.62. The number of amides is 1. The standard InChI is InChI=1S/C13H19N3O2/c1-14-13(18)10-5-3-7-15-12(10)16-8-9-4-2-6-11(9)17/h3,5,7,9,11,17H,2,4,6,8H2,1H3,(H,14,18)(H,15,16). The van der Waals surface area contributed by atoms with Crippen molar-refractivity contribution in [2.75, 3.05) is 18.9 Å². The van der Waals surface area contributed by atoms with Gasteiger partial charge >= 0.3 is 0 Å². The molecule has 2 unspecified atom stereocenters. The molecule has 1 aromatic rings. The lowest BCUT2D eigenvalue weighted by molar-refractivity contribution is 0.0963. The lowest BCUT2D eigenvalue weighted by Gasteiger charge is -2.16. The molecule has 18 heavy (non-hydrogen) atoms. The normalized spacial score (nSPS) is 22.8. The van der Waals surface area contributed by atoms with Gasteiger partial charge in [0.1, 0.15) is 5.82 Å². The van der Waals surface area contributed by atoms with Crippen molar-refractivity contribution < 1.29 is 9.90 Å². The quantitative estimate of drug-likeness (QED) is 0.744. The Hall–Kier alpha value is -1.62. The monoisotopic (exact) mass is 249 g/mol. The zero-order valence-corrected chi connectivity index (χ0v) is 10.5. The molecule has 1 amide bonds. The molecule has 0 spiro atoms. The van der Waals surface area contributed by atoms with Gasteiger partial charge in [-0.05, 0) is 25.0 Å². The number of nitrogens with zero attached hydrogens (tertiary/aromatic N) is 1. The molecule has 0 bridgehead atoms. The molecule has 1 aliphatic carbocycles. The first-order valence-electron chi connectivity index (χ1n) is 6.31. The lowest BCUT2D eigenvalue weighted by Crippen LogP contribution is -2.25. The van der Waals surface area contributed by atoms with E-state index in [1.54, 1.807) is 25.4 Å². The van der Waals surface area contributed by atoms with E-state index in [0.717, 1.165) is 19.3 Å². The Labute approximate surface area is 107 Å². The lowest BCUT2D eigenvalue weighted by atomic mass is 10.1. The Balaban J connectivity index is 2.02. The Kier molecular flexibility index (Phi) is 4.15. The minimum Gasteiger partial charge on any atom is -0.393 e. The number of hydrogen-bond acceptors (Lipinski definition) is 4. The fraction of sp³-hybridized carbons (Fsp3) is 0.538. The smallest absolute Gasteiger partial charge is 0.254 e. The second-order valence-corrected chi connectivity index (χ2v) is 4.62. The Bertz CT molecular complexity index is 422. The predicted molar refractivity (Wildman–Crippen MR) is 69.5 cm³/mol. The van der Waals surface area contributed by atoms with E-state index in [1.165, 1.54) is 0 Å². The summed E-state index contributed by atoms with van der Waals surface area (Å²) in [6, 6.07) is 3.47. The summed E-state index contributed by atoms with van der Waals surface area (Å²) in [6.07, 6.45) is 4.38. The second kappa shape index (κ2) is 5.82. The van der Waals surface area contributed by atoms with Gasteiger partial charge in [-0.3, -0.25) is 4.79 Å². The summed E-state index contributed by atoms with van der Waals surface area (Å²) in [7, 11) is 1.60. The highest BCUT2D eigenvalue weighted by Gasteiger charge is 2.25. The summed E-state index contributed by atoms with van der Waals surface area (Å²) in [5.41, 5.74) is 0.535. The van der Waals surface area contributed by atoms with Gasteiger partial charge in [-0.2, -0.15) is 0 Å².